The predicted octanol–water partition coefficient (Wildman–Crippen LogP) is 2.15. The molecule has 24 heavy (non-hydrogen) atoms. The Kier molecular flexibility index (Phi) is 7.51. The van der Waals surface area contributed by atoms with Crippen molar-refractivity contribution in [2.45, 2.75) is 58.8 Å². The SMILES string of the molecule is CCC(CC)(CN)C(=O)NCC1(CN2CCOCC2)CCCCC1. The van der Waals surface area contributed by atoms with E-state index in [-0.39, 0.29) is 11.3 Å². The van der Waals surface area contributed by atoms with Crippen LogP contribution in [0, 0.1) is 10.8 Å². The second-order valence-electron chi connectivity index (χ2n) is 7.82. The van der Waals surface area contributed by atoms with Gasteiger partial charge >= 0.3 is 0 Å². The van der Waals surface area contributed by atoms with Gasteiger partial charge < -0.3 is 15.8 Å². The molecule has 0 aromatic heterocycles. The fraction of sp³-hybridized carbons (Fsp3) is 0.947. The van der Waals surface area contributed by atoms with Crippen LogP contribution >= 0.6 is 0 Å². The minimum absolute atomic E-state index is 0.155. The molecule has 0 aromatic rings. The fourth-order valence-corrected chi connectivity index (χ4v) is 4.33. The van der Waals surface area contributed by atoms with E-state index in [0.29, 0.717) is 6.54 Å². The zero-order chi connectivity index (χ0) is 17.5. The van der Waals surface area contributed by atoms with Crippen molar-refractivity contribution in [3.63, 3.8) is 0 Å². The number of nitrogens with one attached hydrogen (secondary N) is 1. The van der Waals surface area contributed by atoms with Gasteiger partial charge in [0.2, 0.25) is 5.91 Å². The van der Waals surface area contributed by atoms with Crippen molar-refractivity contribution in [1.29, 1.82) is 0 Å². The highest BCUT2D eigenvalue weighted by Gasteiger charge is 2.38. The van der Waals surface area contributed by atoms with Crippen molar-refractivity contribution in [1.82, 2.24) is 10.2 Å². The minimum Gasteiger partial charge on any atom is -0.379 e. The van der Waals surface area contributed by atoms with E-state index < -0.39 is 5.41 Å². The number of hydrogen-bond acceptors (Lipinski definition) is 4. The Balaban J connectivity index is 1.99. The number of carbonyl (C=O) groups is 1. The van der Waals surface area contributed by atoms with Gasteiger partial charge in [0.15, 0.2) is 0 Å². The highest BCUT2D eigenvalue weighted by atomic mass is 16.5. The molecule has 0 unspecified atom stereocenters. The molecule has 0 radical (unpaired) electrons. The van der Waals surface area contributed by atoms with E-state index in [1.807, 2.05) is 0 Å². The van der Waals surface area contributed by atoms with Crippen LogP contribution in [0.2, 0.25) is 0 Å². The third-order valence-electron chi connectivity index (χ3n) is 6.43. The molecule has 1 aliphatic carbocycles. The molecule has 0 atom stereocenters. The highest BCUT2D eigenvalue weighted by Crippen LogP contribution is 2.37. The van der Waals surface area contributed by atoms with Crippen LogP contribution in [0.3, 0.4) is 0 Å². The molecule has 140 valence electrons. The van der Waals surface area contributed by atoms with Gasteiger partial charge in [-0.2, -0.15) is 0 Å². The normalized spacial score (nSPS) is 22.3. The van der Waals surface area contributed by atoms with E-state index in [1.165, 1.54) is 32.1 Å². The van der Waals surface area contributed by atoms with Crippen LogP contribution < -0.4 is 11.1 Å². The lowest BCUT2D eigenvalue weighted by atomic mass is 9.73. The van der Waals surface area contributed by atoms with Crippen molar-refractivity contribution in [3.8, 4) is 0 Å². The number of nitrogens with zero attached hydrogens (tertiary/aromatic N) is 1. The standard InChI is InChI=1S/C19H37N3O2/c1-3-19(4-2,14-20)17(23)21-15-18(8-6-5-7-9-18)16-22-10-12-24-13-11-22/h3-16,20H2,1-2H3,(H,21,23). The Hall–Kier alpha value is -0.650. The van der Waals surface area contributed by atoms with Crippen LogP contribution in [0.4, 0.5) is 0 Å². The molecule has 1 heterocycles. The first-order chi connectivity index (χ1) is 11.6. The van der Waals surface area contributed by atoms with Gasteiger partial charge in [-0.05, 0) is 25.7 Å². The second-order valence-corrected chi connectivity index (χ2v) is 7.82. The highest BCUT2D eigenvalue weighted by molar-refractivity contribution is 5.82. The van der Waals surface area contributed by atoms with Gasteiger partial charge in [0.1, 0.15) is 0 Å². The number of rotatable bonds is 8. The van der Waals surface area contributed by atoms with Crippen LogP contribution in [0.1, 0.15) is 58.8 Å². The summed E-state index contributed by atoms with van der Waals surface area (Å²) >= 11 is 0. The van der Waals surface area contributed by atoms with Crippen molar-refractivity contribution in [2.75, 3.05) is 45.9 Å². The molecule has 2 fully saturated rings. The number of nitrogens with two attached hydrogens (primary N) is 1. The quantitative estimate of drug-likeness (QED) is 0.711. The molecule has 5 heteroatoms. The molecule has 1 saturated heterocycles. The molecule has 1 saturated carbocycles. The molecular formula is C19H37N3O2. The van der Waals surface area contributed by atoms with Crippen LogP contribution in [-0.2, 0) is 9.53 Å². The maximum atomic E-state index is 12.8. The molecule has 2 aliphatic rings. The van der Waals surface area contributed by atoms with Crippen LogP contribution in [-0.4, -0.2) is 56.7 Å². The number of amides is 1. The summed E-state index contributed by atoms with van der Waals surface area (Å²) in [6.07, 6.45) is 7.95. The molecule has 5 nitrogen and oxygen atoms in total. The summed E-state index contributed by atoms with van der Waals surface area (Å²) in [5.74, 6) is 0.155. The molecule has 1 aliphatic heterocycles. The van der Waals surface area contributed by atoms with Crippen molar-refractivity contribution in [2.24, 2.45) is 16.6 Å². The Bertz CT molecular complexity index is 376. The average molecular weight is 340 g/mol. The summed E-state index contributed by atoms with van der Waals surface area (Å²) in [4.78, 5) is 15.3. The topological polar surface area (TPSA) is 67.6 Å². The Labute approximate surface area is 147 Å². The summed E-state index contributed by atoms with van der Waals surface area (Å²) in [6.45, 7) is 10.2. The monoisotopic (exact) mass is 339 g/mol. The van der Waals surface area contributed by atoms with Crippen molar-refractivity contribution >= 4 is 5.91 Å². The van der Waals surface area contributed by atoms with Crippen LogP contribution in [0.15, 0.2) is 0 Å². The lowest BCUT2D eigenvalue weighted by Gasteiger charge is -2.43. The minimum atomic E-state index is -0.394. The number of ether oxygens (including phenoxy) is 1. The molecule has 0 bridgehead atoms. The molecule has 0 aromatic carbocycles. The predicted molar refractivity (Wildman–Crippen MR) is 97.9 cm³/mol. The van der Waals surface area contributed by atoms with Gasteiger partial charge in [0.05, 0.1) is 18.6 Å². The largest absolute Gasteiger partial charge is 0.379 e. The van der Waals surface area contributed by atoms with E-state index in [0.717, 1.165) is 52.2 Å². The maximum Gasteiger partial charge on any atom is 0.227 e. The maximum absolute atomic E-state index is 12.8. The van der Waals surface area contributed by atoms with Crippen molar-refractivity contribution in [3.05, 3.63) is 0 Å². The fourth-order valence-electron chi connectivity index (χ4n) is 4.33. The smallest absolute Gasteiger partial charge is 0.227 e. The first kappa shape index (κ1) is 19.7. The van der Waals surface area contributed by atoms with E-state index in [2.05, 4.69) is 24.1 Å². The van der Waals surface area contributed by atoms with Crippen LogP contribution in [0.5, 0.6) is 0 Å². The lowest BCUT2D eigenvalue weighted by molar-refractivity contribution is -0.131. The zero-order valence-corrected chi connectivity index (χ0v) is 15.7. The van der Waals surface area contributed by atoms with E-state index >= 15 is 0 Å². The molecular weight excluding hydrogens is 302 g/mol. The summed E-state index contributed by atoms with van der Waals surface area (Å²) in [7, 11) is 0. The van der Waals surface area contributed by atoms with Crippen molar-refractivity contribution < 1.29 is 9.53 Å². The average Bonchev–Trinajstić information content (AvgIpc) is 2.64. The van der Waals surface area contributed by atoms with E-state index in [4.69, 9.17) is 10.5 Å². The molecule has 1 amide bonds. The Morgan fingerprint density at radius 2 is 1.79 bits per heavy atom. The molecule has 0 spiro atoms. The number of hydrogen-bond donors (Lipinski definition) is 2. The Morgan fingerprint density at radius 1 is 1.17 bits per heavy atom. The molecule has 2 rings (SSSR count). The lowest BCUT2D eigenvalue weighted by Crippen LogP contribution is -2.52. The molecule has 3 N–H and O–H groups in total. The third-order valence-corrected chi connectivity index (χ3v) is 6.43. The van der Waals surface area contributed by atoms with E-state index in [1.54, 1.807) is 0 Å². The zero-order valence-electron chi connectivity index (χ0n) is 15.7. The van der Waals surface area contributed by atoms with E-state index in [9.17, 15) is 4.79 Å². The first-order valence-electron chi connectivity index (χ1n) is 9.88. The van der Waals surface area contributed by atoms with Gasteiger partial charge in [-0.3, -0.25) is 9.69 Å². The Morgan fingerprint density at radius 3 is 2.33 bits per heavy atom. The van der Waals surface area contributed by atoms with Gasteiger partial charge in [0, 0.05) is 38.1 Å². The van der Waals surface area contributed by atoms with Crippen LogP contribution in [0.25, 0.3) is 0 Å². The third kappa shape index (κ3) is 4.70. The van der Waals surface area contributed by atoms with Gasteiger partial charge in [-0.25, -0.2) is 0 Å². The summed E-state index contributed by atoms with van der Waals surface area (Å²) in [6, 6.07) is 0. The van der Waals surface area contributed by atoms with Gasteiger partial charge in [0.25, 0.3) is 0 Å². The summed E-state index contributed by atoms with van der Waals surface area (Å²) in [5.41, 5.74) is 5.77. The summed E-state index contributed by atoms with van der Waals surface area (Å²) in [5, 5.41) is 3.30. The summed E-state index contributed by atoms with van der Waals surface area (Å²) < 4.78 is 5.48. The number of morpholine rings is 1. The number of carbonyl (C=O) groups excluding carboxylic acids is 1. The van der Waals surface area contributed by atoms with Gasteiger partial charge in [-0.15, -0.1) is 0 Å². The second kappa shape index (κ2) is 9.16. The first-order valence-corrected chi connectivity index (χ1v) is 9.88. The van der Waals surface area contributed by atoms with Gasteiger partial charge in [-0.1, -0.05) is 33.1 Å².